The zero-order chi connectivity index (χ0) is 31.2. The van der Waals surface area contributed by atoms with Crippen molar-refractivity contribution >= 4 is 43.9 Å². The van der Waals surface area contributed by atoms with Crippen LogP contribution in [0.4, 0.5) is 27.3 Å². The van der Waals surface area contributed by atoms with Gasteiger partial charge in [0, 0.05) is 56.1 Å². The van der Waals surface area contributed by atoms with E-state index >= 15 is 4.39 Å². The van der Waals surface area contributed by atoms with Crippen molar-refractivity contribution in [1.29, 1.82) is 0 Å². The van der Waals surface area contributed by atoms with Crippen molar-refractivity contribution in [2.24, 2.45) is 0 Å². The Bertz CT molecular complexity index is 1820. The second-order valence-electron chi connectivity index (χ2n) is 11.6. The third kappa shape index (κ3) is 5.60. The van der Waals surface area contributed by atoms with Gasteiger partial charge in [-0.1, -0.05) is 18.2 Å². The second kappa shape index (κ2) is 11.7. The van der Waals surface area contributed by atoms with E-state index in [1.807, 2.05) is 6.20 Å². The lowest BCUT2D eigenvalue weighted by atomic mass is 9.89. The van der Waals surface area contributed by atoms with E-state index in [0.29, 0.717) is 32.5 Å². The molecule has 6 rings (SSSR count). The summed E-state index contributed by atoms with van der Waals surface area (Å²) < 4.78 is 44.4. The number of nitrogens with two attached hydrogens (primary N) is 1. The molecule has 2 fully saturated rings. The van der Waals surface area contributed by atoms with Gasteiger partial charge in [-0.25, -0.2) is 27.1 Å². The van der Waals surface area contributed by atoms with Crippen LogP contribution in [-0.4, -0.2) is 83.2 Å². The van der Waals surface area contributed by atoms with Gasteiger partial charge < -0.3 is 15.2 Å². The first kappa shape index (κ1) is 29.9. The molecule has 2 N–H and O–H groups in total. The molecule has 0 atom stereocenters. The SMILES string of the molecule is CN1CCN(C2CCC(n3cc(-c4ccc(N(c5ccccc5[N+](=O)[O-])S(C)(=O)=O)c(F)c4)c4c(N)ncnc43)CC2)CC1. The number of hydrogen-bond acceptors (Lipinski definition) is 9. The molecule has 1 saturated carbocycles. The van der Waals surface area contributed by atoms with Crippen LogP contribution in [0.2, 0.25) is 0 Å². The summed E-state index contributed by atoms with van der Waals surface area (Å²) in [5.41, 5.74) is 7.04. The average Bonchev–Trinajstić information content (AvgIpc) is 3.39. The molecule has 14 heteroatoms. The summed E-state index contributed by atoms with van der Waals surface area (Å²) in [6, 6.07) is 10.2. The maximum absolute atomic E-state index is 15.9. The number of fused-ring (bicyclic) bond motifs is 1. The number of halogens is 1. The van der Waals surface area contributed by atoms with Crippen molar-refractivity contribution in [3.05, 3.63) is 70.9 Å². The van der Waals surface area contributed by atoms with Gasteiger partial charge in [-0.15, -0.1) is 0 Å². The summed E-state index contributed by atoms with van der Waals surface area (Å²) in [4.78, 5) is 24.7. The van der Waals surface area contributed by atoms with Crippen LogP contribution in [-0.2, 0) is 10.0 Å². The molecule has 1 saturated heterocycles. The molecule has 12 nitrogen and oxygen atoms in total. The van der Waals surface area contributed by atoms with Crippen LogP contribution < -0.4 is 10.0 Å². The van der Waals surface area contributed by atoms with Gasteiger partial charge in [0.25, 0.3) is 5.69 Å². The summed E-state index contributed by atoms with van der Waals surface area (Å²) in [7, 11) is -2.00. The van der Waals surface area contributed by atoms with E-state index < -0.39 is 26.5 Å². The lowest BCUT2D eigenvalue weighted by Crippen LogP contribution is -2.49. The number of sulfonamides is 1. The Balaban J connectivity index is 1.34. The lowest BCUT2D eigenvalue weighted by molar-refractivity contribution is -0.384. The molecular weight excluding hydrogens is 587 g/mol. The summed E-state index contributed by atoms with van der Waals surface area (Å²) >= 11 is 0. The van der Waals surface area contributed by atoms with E-state index in [1.165, 1.54) is 42.7 Å². The topological polar surface area (TPSA) is 144 Å². The number of nitrogen functional groups attached to an aromatic ring is 1. The largest absolute Gasteiger partial charge is 0.383 e. The molecule has 2 aliphatic rings. The molecule has 0 unspecified atom stereocenters. The van der Waals surface area contributed by atoms with Crippen molar-refractivity contribution < 1.29 is 17.7 Å². The Morgan fingerprint density at radius 2 is 1.68 bits per heavy atom. The standard InChI is InChI=1S/C30H35FN8O4S/c1-35-13-15-36(16-14-35)21-8-10-22(11-9-21)37-18-23(28-29(32)33-19-34-30(28)37)20-7-12-25(24(31)17-20)38(44(2,42)43)26-5-3-4-6-27(26)39(40)41/h3-7,12,17-19,21-22H,8-11,13-16H2,1-2H3,(H2,32,33,34). The third-order valence-corrected chi connectivity index (χ3v) is 9.92. The highest BCUT2D eigenvalue weighted by molar-refractivity contribution is 7.92. The highest BCUT2D eigenvalue weighted by Gasteiger charge is 2.32. The van der Waals surface area contributed by atoms with Gasteiger partial charge in [0.1, 0.15) is 29.3 Å². The van der Waals surface area contributed by atoms with E-state index in [4.69, 9.17) is 5.73 Å². The third-order valence-electron chi connectivity index (χ3n) is 8.86. The number of aromatic nitrogens is 3. The smallest absolute Gasteiger partial charge is 0.293 e. The Morgan fingerprint density at radius 1 is 1.00 bits per heavy atom. The number of benzene rings is 2. The number of anilines is 3. The van der Waals surface area contributed by atoms with Crippen LogP contribution in [0.15, 0.2) is 55.0 Å². The molecular formula is C30H35FN8O4S. The number of rotatable bonds is 7. The van der Waals surface area contributed by atoms with E-state index in [-0.39, 0.29) is 23.2 Å². The number of nitrogens with zero attached hydrogens (tertiary/aromatic N) is 7. The molecule has 0 radical (unpaired) electrons. The number of hydrogen-bond donors (Lipinski definition) is 1. The van der Waals surface area contributed by atoms with E-state index in [2.05, 4.69) is 31.4 Å². The van der Waals surface area contributed by atoms with Gasteiger partial charge in [0.2, 0.25) is 10.0 Å². The molecule has 0 amide bonds. The second-order valence-corrected chi connectivity index (χ2v) is 13.5. The Labute approximate surface area is 255 Å². The molecule has 0 spiro atoms. The molecule has 3 heterocycles. The average molecular weight is 623 g/mol. The Morgan fingerprint density at radius 3 is 2.34 bits per heavy atom. The minimum atomic E-state index is -4.16. The van der Waals surface area contributed by atoms with Crippen LogP contribution in [0.5, 0.6) is 0 Å². The Kier molecular flexibility index (Phi) is 7.99. The number of nitro groups is 1. The monoisotopic (exact) mass is 622 g/mol. The van der Waals surface area contributed by atoms with Crippen LogP contribution >= 0.6 is 0 Å². The van der Waals surface area contributed by atoms with Crippen LogP contribution in [0.1, 0.15) is 31.7 Å². The molecule has 1 aliphatic heterocycles. The molecule has 232 valence electrons. The van der Waals surface area contributed by atoms with E-state index in [0.717, 1.165) is 58.1 Å². The van der Waals surface area contributed by atoms with Gasteiger partial charge in [-0.2, -0.15) is 0 Å². The summed E-state index contributed by atoms with van der Waals surface area (Å²) in [6.45, 7) is 4.34. The Hall–Kier alpha value is -4.14. The first-order valence-electron chi connectivity index (χ1n) is 14.6. The molecule has 44 heavy (non-hydrogen) atoms. The van der Waals surface area contributed by atoms with Gasteiger partial charge in [-0.3, -0.25) is 15.0 Å². The predicted octanol–water partition coefficient (Wildman–Crippen LogP) is 4.56. The molecule has 1 aliphatic carbocycles. The van der Waals surface area contributed by atoms with Gasteiger partial charge in [0.05, 0.1) is 22.3 Å². The maximum atomic E-state index is 15.9. The predicted molar refractivity (Wildman–Crippen MR) is 168 cm³/mol. The van der Waals surface area contributed by atoms with Crippen LogP contribution in [0.3, 0.4) is 0 Å². The first-order chi connectivity index (χ1) is 21.0. The van der Waals surface area contributed by atoms with Crippen molar-refractivity contribution in [1.82, 2.24) is 24.3 Å². The highest BCUT2D eigenvalue weighted by Crippen LogP contribution is 2.42. The zero-order valence-electron chi connectivity index (χ0n) is 24.6. The van der Waals surface area contributed by atoms with Crippen LogP contribution in [0.25, 0.3) is 22.2 Å². The summed E-state index contributed by atoms with van der Waals surface area (Å²) in [6.07, 6.45) is 8.31. The minimum absolute atomic E-state index is 0.188. The van der Waals surface area contributed by atoms with Crippen molar-refractivity contribution in [3.8, 4) is 11.1 Å². The summed E-state index contributed by atoms with van der Waals surface area (Å²) in [5.74, 6) is -0.605. The first-order valence-corrected chi connectivity index (χ1v) is 16.4. The number of likely N-dealkylation sites (N-methyl/N-ethyl adjacent to an activating group) is 1. The molecule has 2 aromatic heterocycles. The number of nitro benzene ring substituents is 1. The van der Waals surface area contributed by atoms with Gasteiger partial charge >= 0.3 is 0 Å². The van der Waals surface area contributed by atoms with Gasteiger partial charge in [0.15, 0.2) is 0 Å². The fourth-order valence-electron chi connectivity index (χ4n) is 6.61. The zero-order valence-corrected chi connectivity index (χ0v) is 25.5. The molecule has 4 aromatic rings. The highest BCUT2D eigenvalue weighted by atomic mass is 32.2. The van der Waals surface area contributed by atoms with E-state index in [1.54, 1.807) is 6.07 Å². The van der Waals surface area contributed by atoms with Crippen molar-refractivity contribution in [3.63, 3.8) is 0 Å². The van der Waals surface area contributed by atoms with Gasteiger partial charge in [-0.05, 0) is 56.5 Å². The minimum Gasteiger partial charge on any atom is -0.383 e. The molecule has 0 bridgehead atoms. The fraction of sp³-hybridized carbons (Fsp3) is 0.400. The maximum Gasteiger partial charge on any atom is 0.293 e. The number of piperazine rings is 1. The van der Waals surface area contributed by atoms with E-state index in [9.17, 15) is 18.5 Å². The number of para-hydroxylation sites is 2. The van der Waals surface area contributed by atoms with Crippen LogP contribution in [0, 0.1) is 15.9 Å². The lowest BCUT2D eigenvalue weighted by Gasteiger charge is -2.41. The summed E-state index contributed by atoms with van der Waals surface area (Å²) in [5, 5.41) is 12.3. The quantitative estimate of drug-likeness (QED) is 0.232. The van der Waals surface area contributed by atoms with Crippen molar-refractivity contribution in [2.45, 2.75) is 37.8 Å². The fourth-order valence-corrected chi connectivity index (χ4v) is 7.63. The van der Waals surface area contributed by atoms with Crippen molar-refractivity contribution in [2.75, 3.05) is 49.5 Å². The molecule has 2 aromatic carbocycles. The normalized spacial score (nSPS) is 20.2.